The monoisotopic (exact) mass is 335 g/mol. The van der Waals surface area contributed by atoms with E-state index < -0.39 is 10.9 Å². The average Bonchev–Trinajstić information content (AvgIpc) is 2.56. The summed E-state index contributed by atoms with van der Waals surface area (Å²) in [5.74, 6) is -0.595. The molecule has 0 spiro atoms. The summed E-state index contributed by atoms with van der Waals surface area (Å²) < 4.78 is 4.62. The molecule has 2 aromatic rings. The average molecular weight is 335 g/mol. The molecule has 2 aromatic carbocycles. The summed E-state index contributed by atoms with van der Waals surface area (Å²) in [5.41, 5.74) is 0.485. The number of nitro benzene ring substituents is 1. The van der Waals surface area contributed by atoms with Gasteiger partial charge in [-0.2, -0.15) is 0 Å². The van der Waals surface area contributed by atoms with Crippen molar-refractivity contribution in [3.8, 4) is 5.75 Å². The molecule has 8 heteroatoms. The van der Waals surface area contributed by atoms with Crippen molar-refractivity contribution in [1.82, 2.24) is 0 Å². The number of phenols is 1. The van der Waals surface area contributed by atoms with Crippen LogP contribution in [-0.4, -0.2) is 28.2 Å². The van der Waals surface area contributed by atoms with Crippen molar-refractivity contribution in [2.45, 2.75) is 16.4 Å². The molecule has 0 saturated carbocycles. The van der Waals surface area contributed by atoms with Crippen LogP contribution in [0.5, 0.6) is 5.75 Å². The van der Waals surface area contributed by atoms with Crippen LogP contribution in [0.1, 0.15) is 15.9 Å². The molecule has 0 atom stereocenters. The highest BCUT2D eigenvalue weighted by Gasteiger charge is 2.15. The Morgan fingerprint density at radius 2 is 2.00 bits per heavy atom. The minimum atomic E-state index is -0.553. The van der Waals surface area contributed by atoms with Crippen LogP contribution in [0.15, 0.2) is 46.2 Å². The maximum absolute atomic E-state index is 11.5. The van der Waals surface area contributed by atoms with Crippen molar-refractivity contribution in [2.24, 2.45) is 0 Å². The van der Waals surface area contributed by atoms with Crippen LogP contribution in [-0.2, 0) is 11.3 Å². The van der Waals surface area contributed by atoms with Gasteiger partial charge in [0.2, 0.25) is 0 Å². The number of carbonyl (C=O) groups excluding carboxylic acids is 1. The zero-order chi connectivity index (χ0) is 17.0. The van der Waals surface area contributed by atoms with Crippen molar-refractivity contribution in [3.63, 3.8) is 0 Å². The molecule has 0 heterocycles. The quantitative estimate of drug-likeness (QED) is 0.491. The third-order valence-corrected chi connectivity index (χ3v) is 4.19. The summed E-state index contributed by atoms with van der Waals surface area (Å²) >= 11 is 1.09. The highest BCUT2D eigenvalue weighted by atomic mass is 32.2. The zero-order valence-electron chi connectivity index (χ0n) is 12.1. The van der Waals surface area contributed by atoms with Gasteiger partial charge >= 0.3 is 5.97 Å². The first-order chi connectivity index (χ1) is 11.0. The SMILES string of the molecule is COC(=O)c1ccc(O)c(Sc2ccc([N+](=O)[O-])cc2CO)c1. The summed E-state index contributed by atoms with van der Waals surface area (Å²) in [6.07, 6.45) is 0. The van der Waals surface area contributed by atoms with E-state index in [9.17, 15) is 25.1 Å². The molecule has 0 aliphatic heterocycles. The molecule has 120 valence electrons. The van der Waals surface area contributed by atoms with Gasteiger partial charge in [-0.15, -0.1) is 0 Å². The molecule has 0 aliphatic carbocycles. The maximum Gasteiger partial charge on any atom is 0.337 e. The van der Waals surface area contributed by atoms with E-state index in [4.69, 9.17) is 0 Å². The van der Waals surface area contributed by atoms with Gasteiger partial charge in [0, 0.05) is 17.0 Å². The highest BCUT2D eigenvalue weighted by Crippen LogP contribution is 2.37. The molecule has 2 rings (SSSR count). The number of rotatable bonds is 5. The Bertz CT molecular complexity index is 762. The molecule has 0 radical (unpaired) electrons. The van der Waals surface area contributed by atoms with E-state index in [1.807, 2.05) is 0 Å². The van der Waals surface area contributed by atoms with Gasteiger partial charge < -0.3 is 14.9 Å². The van der Waals surface area contributed by atoms with E-state index in [0.717, 1.165) is 11.8 Å². The van der Waals surface area contributed by atoms with E-state index in [2.05, 4.69) is 4.74 Å². The van der Waals surface area contributed by atoms with Crippen LogP contribution in [0, 0.1) is 10.1 Å². The van der Waals surface area contributed by atoms with Crippen LogP contribution < -0.4 is 0 Å². The van der Waals surface area contributed by atoms with Crippen LogP contribution in [0.3, 0.4) is 0 Å². The Hall–Kier alpha value is -2.58. The second kappa shape index (κ2) is 7.12. The molecule has 0 aromatic heterocycles. The Labute approximate surface area is 135 Å². The molecular formula is C15H13NO6S. The Balaban J connectivity index is 2.38. The number of nitro groups is 1. The lowest BCUT2D eigenvalue weighted by molar-refractivity contribution is -0.385. The third-order valence-electron chi connectivity index (χ3n) is 3.03. The molecule has 0 unspecified atom stereocenters. The summed E-state index contributed by atoms with van der Waals surface area (Å²) in [5, 5.41) is 30.1. The number of ether oxygens (including phenoxy) is 1. The fraction of sp³-hybridized carbons (Fsp3) is 0.133. The fourth-order valence-corrected chi connectivity index (χ4v) is 2.85. The molecule has 0 amide bonds. The van der Waals surface area contributed by atoms with E-state index in [-0.39, 0.29) is 23.6 Å². The van der Waals surface area contributed by atoms with Gasteiger partial charge in [0.1, 0.15) is 5.75 Å². The number of methoxy groups -OCH3 is 1. The summed E-state index contributed by atoms with van der Waals surface area (Å²) in [4.78, 5) is 22.7. The van der Waals surface area contributed by atoms with E-state index in [0.29, 0.717) is 15.4 Å². The fourth-order valence-electron chi connectivity index (χ4n) is 1.86. The molecule has 2 N–H and O–H groups in total. The van der Waals surface area contributed by atoms with Gasteiger partial charge in [-0.05, 0) is 29.8 Å². The first kappa shape index (κ1) is 16.8. The highest BCUT2D eigenvalue weighted by molar-refractivity contribution is 7.99. The van der Waals surface area contributed by atoms with Crippen LogP contribution in [0.2, 0.25) is 0 Å². The van der Waals surface area contributed by atoms with Crippen molar-refractivity contribution < 1.29 is 24.7 Å². The van der Waals surface area contributed by atoms with Gasteiger partial charge in [-0.3, -0.25) is 10.1 Å². The molecule has 0 fully saturated rings. The number of aliphatic hydroxyl groups is 1. The lowest BCUT2D eigenvalue weighted by Gasteiger charge is -2.09. The molecule has 0 aliphatic rings. The number of carbonyl (C=O) groups is 1. The van der Waals surface area contributed by atoms with Crippen molar-refractivity contribution in [2.75, 3.05) is 7.11 Å². The molecular weight excluding hydrogens is 322 g/mol. The number of phenolic OH excluding ortho intramolecular Hbond substituents is 1. The Morgan fingerprint density at radius 3 is 2.61 bits per heavy atom. The van der Waals surface area contributed by atoms with Gasteiger partial charge in [0.15, 0.2) is 0 Å². The summed E-state index contributed by atoms with van der Waals surface area (Å²) in [6.45, 7) is -0.387. The first-order valence-electron chi connectivity index (χ1n) is 6.43. The van der Waals surface area contributed by atoms with Crippen LogP contribution in [0.25, 0.3) is 0 Å². The van der Waals surface area contributed by atoms with E-state index in [1.165, 1.54) is 43.5 Å². The molecule has 0 bridgehead atoms. The minimum absolute atomic E-state index is 0.0510. The van der Waals surface area contributed by atoms with Crippen LogP contribution >= 0.6 is 11.8 Å². The molecule has 23 heavy (non-hydrogen) atoms. The Kier molecular flexibility index (Phi) is 5.20. The number of nitrogens with zero attached hydrogens (tertiary/aromatic N) is 1. The zero-order valence-corrected chi connectivity index (χ0v) is 12.9. The predicted octanol–water partition coefficient (Wildman–Crippen LogP) is 2.73. The largest absolute Gasteiger partial charge is 0.507 e. The second-order valence-electron chi connectivity index (χ2n) is 4.48. The van der Waals surface area contributed by atoms with E-state index in [1.54, 1.807) is 0 Å². The van der Waals surface area contributed by atoms with Gasteiger partial charge in [-0.25, -0.2) is 4.79 Å². The second-order valence-corrected chi connectivity index (χ2v) is 5.57. The number of aromatic hydroxyl groups is 1. The smallest absolute Gasteiger partial charge is 0.337 e. The first-order valence-corrected chi connectivity index (χ1v) is 7.25. The standard InChI is InChI=1S/C15H13NO6S/c1-22-15(19)9-2-4-12(18)14(7-9)23-13-5-3-11(16(20)21)6-10(13)8-17/h2-7,17-18H,8H2,1H3. The Morgan fingerprint density at radius 1 is 1.26 bits per heavy atom. The van der Waals surface area contributed by atoms with Gasteiger partial charge in [-0.1, -0.05) is 11.8 Å². The number of hydrogen-bond donors (Lipinski definition) is 2. The summed E-state index contributed by atoms with van der Waals surface area (Å²) in [6, 6.07) is 8.30. The minimum Gasteiger partial charge on any atom is -0.507 e. The van der Waals surface area contributed by atoms with Crippen molar-refractivity contribution in [1.29, 1.82) is 0 Å². The van der Waals surface area contributed by atoms with Gasteiger partial charge in [0.05, 0.1) is 29.1 Å². The topological polar surface area (TPSA) is 110 Å². The van der Waals surface area contributed by atoms with Gasteiger partial charge in [0.25, 0.3) is 5.69 Å². The maximum atomic E-state index is 11.5. The van der Waals surface area contributed by atoms with Crippen molar-refractivity contribution >= 4 is 23.4 Å². The number of aliphatic hydroxyl groups excluding tert-OH is 1. The molecule has 0 saturated heterocycles. The summed E-state index contributed by atoms with van der Waals surface area (Å²) in [7, 11) is 1.25. The number of non-ortho nitro benzene ring substituents is 1. The van der Waals surface area contributed by atoms with E-state index >= 15 is 0 Å². The van der Waals surface area contributed by atoms with Crippen molar-refractivity contribution in [3.05, 3.63) is 57.6 Å². The molecule has 7 nitrogen and oxygen atoms in total. The number of benzene rings is 2. The predicted molar refractivity (Wildman–Crippen MR) is 82.6 cm³/mol. The number of esters is 1. The third kappa shape index (κ3) is 3.79. The van der Waals surface area contributed by atoms with Crippen LogP contribution in [0.4, 0.5) is 5.69 Å². The lowest BCUT2D eigenvalue weighted by Crippen LogP contribution is -2.00. The lowest BCUT2D eigenvalue weighted by atomic mass is 10.2. The normalized spacial score (nSPS) is 10.3. The number of hydrogen-bond acceptors (Lipinski definition) is 7.